The van der Waals surface area contributed by atoms with Crippen molar-refractivity contribution in [2.45, 2.75) is 32.1 Å². The smallest absolute Gasteiger partial charge is 0.124 e. The fourth-order valence-electron chi connectivity index (χ4n) is 2.58. The van der Waals surface area contributed by atoms with E-state index in [0.717, 1.165) is 35.0 Å². The maximum absolute atomic E-state index is 13.4. The summed E-state index contributed by atoms with van der Waals surface area (Å²) in [6.45, 7) is 6.65. The van der Waals surface area contributed by atoms with Crippen LogP contribution in [0.4, 0.5) is 4.39 Å². The van der Waals surface area contributed by atoms with Crippen LogP contribution in [0.15, 0.2) is 22.7 Å². The third kappa shape index (κ3) is 4.52. The Morgan fingerprint density at radius 1 is 1.42 bits per heavy atom. The van der Waals surface area contributed by atoms with Crippen LogP contribution in [0.25, 0.3) is 0 Å². The molecule has 0 aromatic heterocycles. The van der Waals surface area contributed by atoms with E-state index in [9.17, 15) is 4.39 Å². The molecule has 1 heterocycles. The molecule has 0 radical (unpaired) electrons. The Hall–Kier alpha value is 0.0300. The van der Waals surface area contributed by atoms with Gasteiger partial charge < -0.3 is 4.74 Å². The molecular formula is C14H18Br2FNO. The SMILES string of the molecule is CC1(C)CN(Cc2cc(F)cc(Br)c2)CC(CBr)O1. The van der Waals surface area contributed by atoms with Crippen molar-refractivity contribution in [3.8, 4) is 0 Å². The molecule has 5 heteroatoms. The number of benzene rings is 1. The van der Waals surface area contributed by atoms with E-state index in [-0.39, 0.29) is 17.5 Å². The van der Waals surface area contributed by atoms with Gasteiger partial charge in [0, 0.05) is 29.4 Å². The standard InChI is InChI=1S/C14H18Br2FNO/c1-14(2)9-18(8-13(6-15)19-14)7-10-3-11(16)5-12(17)4-10/h3-5,13H,6-9H2,1-2H3. The molecule has 1 aromatic carbocycles. The Labute approximate surface area is 130 Å². The molecule has 1 unspecified atom stereocenters. The number of morpholine rings is 1. The van der Waals surface area contributed by atoms with Gasteiger partial charge in [0.15, 0.2) is 0 Å². The Bertz CT molecular complexity index is 433. The quantitative estimate of drug-likeness (QED) is 0.719. The van der Waals surface area contributed by atoms with E-state index in [1.54, 1.807) is 6.07 Å². The highest BCUT2D eigenvalue weighted by molar-refractivity contribution is 9.10. The number of hydrogen-bond acceptors (Lipinski definition) is 2. The third-order valence-corrected chi connectivity index (χ3v) is 4.23. The van der Waals surface area contributed by atoms with E-state index in [1.807, 2.05) is 6.07 Å². The topological polar surface area (TPSA) is 12.5 Å². The van der Waals surface area contributed by atoms with E-state index in [1.165, 1.54) is 6.07 Å². The van der Waals surface area contributed by atoms with Gasteiger partial charge in [-0.25, -0.2) is 4.39 Å². The van der Waals surface area contributed by atoms with Crippen LogP contribution in [0.1, 0.15) is 19.4 Å². The first-order valence-electron chi connectivity index (χ1n) is 6.29. The minimum Gasteiger partial charge on any atom is -0.369 e. The maximum atomic E-state index is 13.4. The minimum absolute atomic E-state index is 0.165. The van der Waals surface area contributed by atoms with Crippen LogP contribution in [0.2, 0.25) is 0 Å². The first-order chi connectivity index (χ1) is 8.88. The lowest BCUT2D eigenvalue weighted by molar-refractivity contribution is -0.128. The first kappa shape index (κ1) is 15.4. The van der Waals surface area contributed by atoms with E-state index >= 15 is 0 Å². The number of halogens is 3. The zero-order chi connectivity index (χ0) is 14.0. The fraction of sp³-hybridized carbons (Fsp3) is 0.571. The summed E-state index contributed by atoms with van der Waals surface area (Å²) in [5.41, 5.74) is 0.819. The van der Waals surface area contributed by atoms with Crippen LogP contribution >= 0.6 is 31.9 Å². The molecule has 2 rings (SSSR count). The normalized spacial score (nSPS) is 23.5. The van der Waals surface area contributed by atoms with Crippen LogP contribution in [0, 0.1) is 5.82 Å². The van der Waals surface area contributed by atoms with Gasteiger partial charge >= 0.3 is 0 Å². The third-order valence-electron chi connectivity index (χ3n) is 3.05. The average molecular weight is 395 g/mol. The molecule has 1 saturated heterocycles. The van der Waals surface area contributed by atoms with Gasteiger partial charge in [-0.05, 0) is 37.6 Å². The molecule has 0 N–H and O–H groups in total. The van der Waals surface area contributed by atoms with Crippen LogP contribution in [-0.2, 0) is 11.3 Å². The molecule has 1 atom stereocenters. The van der Waals surface area contributed by atoms with Gasteiger partial charge in [0.1, 0.15) is 5.82 Å². The highest BCUT2D eigenvalue weighted by atomic mass is 79.9. The second kappa shape index (κ2) is 6.20. The van der Waals surface area contributed by atoms with Gasteiger partial charge in [0.05, 0.1) is 11.7 Å². The Morgan fingerprint density at radius 2 is 2.16 bits per heavy atom. The predicted molar refractivity (Wildman–Crippen MR) is 82.1 cm³/mol. The van der Waals surface area contributed by atoms with E-state index in [0.29, 0.717) is 0 Å². The number of nitrogens with zero attached hydrogens (tertiary/aromatic N) is 1. The minimum atomic E-state index is -0.200. The van der Waals surface area contributed by atoms with Gasteiger partial charge in [0.25, 0.3) is 0 Å². The van der Waals surface area contributed by atoms with Crippen molar-refractivity contribution in [3.63, 3.8) is 0 Å². The number of alkyl halides is 1. The molecular weight excluding hydrogens is 377 g/mol. The Balaban J connectivity index is 2.09. The summed E-state index contributed by atoms with van der Waals surface area (Å²) in [6, 6.07) is 5.04. The van der Waals surface area contributed by atoms with Gasteiger partial charge in [-0.2, -0.15) is 0 Å². The summed E-state index contributed by atoms with van der Waals surface area (Å²) in [5.74, 6) is -0.200. The fourth-order valence-corrected chi connectivity index (χ4v) is 3.43. The molecule has 0 amide bonds. The predicted octanol–water partition coefficient (Wildman–Crippen LogP) is 3.96. The number of rotatable bonds is 3. The van der Waals surface area contributed by atoms with Crippen molar-refractivity contribution >= 4 is 31.9 Å². The summed E-state index contributed by atoms with van der Waals surface area (Å²) in [7, 11) is 0. The maximum Gasteiger partial charge on any atom is 0.124 e. The lowest BCUT2D eigenvalue weighted by Crippen LogP contribution is -2.52. The molecule has 0 saturated carbocycles. The van der Waals surface area contributed by atoms with Gasteiger partial charge in [-0.15, -0.1) is 0 Å². The lowest BCUT2D eigenvalue weighted by atomic mass is 10.0. The summed E-state index contributed by atoms with van der Waals surface area (Å²) in [4.78, 5) is 2.32. The van der Waals surface area contributed by atoms with E-state index in [2.05, 4.69) is 50.6 Å². The van der Waals surface area contributed by atoms with E-state index in [4.69, 9.17) is 4.74 Å². The molecule has 2 nitrogen and oxygen atoms in total. The molecule has 0 aliphatic carbocycles. The van der Waals surface area contributed by atoms with E-state index < -0.39 is 0 Å². The van der Waals surface area contributed by atoms with Crippen LogP contribution in [-0.4, -0.2) is 35.0 Å². The van der Waals surface area contributed by atoms with Crippen molar-refractivity contribution in [1.29, 1.82) is 0 Å². The van der Waals surface area contributed by atoms with Gasteiger partial charge in [-0.3, -0.25) is 4.90 Å². The summed E-state index contributed by atoms with van der Waals surface area (Å²) in [6.07, 6.45) is 0.181. The Morgan fingerprint density at radius 3 is 2.79 bits per heavy atom. The molecule has 1 aliphatic heterocycles. The van der Waals surface area contributed by atoms with Gasteiger partial charge in [-0.1, -0.05) is 31.9 Å². The van der Waals surface area contributed by atoms with Crippen molar-refractivity contribution in [2.24, 2.45) is 0 Å². The number of hydrogen-bond donors (Lipinski definition) is 0. The molecule has 106 valence electrons. The second-order valence-corrected chi connectivity index (χ2v) is 7.16. The molecule has 1 fully saturated rings. The largest absolute Gasteiger partial charge is 0.369 e. The first-order valence-corrected chi connectivity index (χ1v) is 8.20. The lowest BCUT2D eigenvalue weighted by Gasteiger charge is -2.42. The van der Waals surface area contributed by atoms with Crippen LogP contribution in [0.3, 0.4) is 0 Å². The van der Waals surface area contributed by atoms with Crippen LogP contribution < -0.4 is 0 Å². The van der Waals surface area contributed by atoms with Crippen molar-refractivity contribution in [3.05, 3.63) is 34.1 Å². The molecule has 0 spiro atoms. The molecule has 1 aromatic rings. The van der Waals surface area contributed by atoms with Crippen molar-refractivity contribution in [2.75, 3.05) is 18.4 Å². The summed E-state index contributed by atoms with van der Waals surface area (Å²) < 4.78 is 20.1. The van der Waals surface area contributed by atoms with Crippen molar-refractivity contribution < 1.29 is 9.13 Å². The van der Waals surface area contributed by atoms with Crippen LogP contribution in [0.5, 0.6) is 0 Å². The molecule has 1 aliphatic rings. The number of ether oxygens (including phenoxy) is 1. The highest BCUT2D eigenvalue weighted by Gasteiger charge is 2.32. The average Bonchev–Trinajstić information content (AvgIpc) is 2.25. The Kier molecular flexibility index (Phi) is 5.04. The zero-order valence-electron chi connectivity index (χ0n) is 11.1. The highest BCUT2D eigenvalue weighted by Crippen LogP contribution is 2.24. The van der Waals surface area contributed by atoms with Crippen molar-refractivity contribution in [1.82, 2.24) is 4.90 Å². The zero-order valence-corrected chi connectivity index (χ0v) is 14.3. The second-order valence-electron chi connectivity index (χ2n) is 5.60. The summed E-state index contributed by atoms with van der Waals surface area (Å²) in [5, 5.41) is 0.819. The molecule has 0 bridgehead atoms. The van der Waals surface area contributed by atoms with Gasteiger partial charge in [0.2, 0.25) is 0 Å². The monoisotopic (exact) mass is 393 g/mol. The summed E-state index contributed by atoms with van der Waals surface area (Å²) >= 11 is 6.81. The molecule has 19 heavy (non-hydrogen) atoms.